The molecule has 2 atom stereocenters. The van der Waals surface area contributed by atoms with E-state index < -0.39 is 0 Å². The Morgan fingerprint density at radius 1 is 0.565 bits per heavy atom. The van der Waals surface area contributed by atoms with E-state index >= 15 is 0 Å². The molecule has 1 aliphatic carbocycles. The van der Waals surface area contributed by atoms with Crippen LogP contribution in [0.1, 0.15) is 35.4 Å². The monoisotopic (exact) mass is 590 g/mol. The van der Waals surface area contributed by atoms with Gasteiger partial charge in [-0.15, -0.1) is 0 Å². The van der Waals surface area contributed by atoms with Gasteiger partial charge in [-0.1, -0.05) is 127 Å². The van der Waals surface area contributed by atoms with Crippen molar-refractivity contribution < 1.29 is 0 Å². The zero-order chi connectivity index (χ0) is 30.6. The van der Waals surface area contributed by atoms with E-state index in [4.69, 9.17) is 10.7 Å². The standard InChI is InChI=1S/C44H34N2/c45-42-27-30-13-5-4-12-29(30)25-41(42)34-15-7-6-14-31(34)24-33-18-19-39(44-43(33)40-26-32(40)22-23-46-44)38-21-20-35(28-10-2-1-3-11-28)36-16-8-9-17-37(36)38/h1-21,23,25,27,32,40H,22,24,26,45H2. The molecule has 1 heterocycles. The SMILES string of the molecule is Nc1cc2ccccc2cc1-c1ccccc1Cc1ccc(-c2ccc(-c3ccccc3)c3ccccc23)c2c1C1CC1CC=N2. The molecule has 0 saturated heterocycles. The molecule has 2 unspecified atom stereocenters. The minimum absolute atomic E-state index is 0.556. The molecule has 1 aliphatic heterocycles. The van der Waals surface area contributed by atoms with Crippen LogP contribution in [0.25, 0.3) is 54.9 Å². The lowest BCUT2D eigenvalue weighted by atomic mass is 9.86. The highest BCUT2D eigenvalue weighted by Crippen LogP contribution is 2.57. The maximum atomic E-state index is 6.70. The smallest absolute Gasteiger partial charge is 0.0742 e. The van der Waals surface area contributed by atoms with Crippen LogP contribution >= 0.6 is 0 Å². The Balaban J connectivity index is 1.19. The first-order valence-electron chi connectivity index (χ1n) is 16.4. The summed E-state index contributed by atoms with van der Waals surface area (Å²) >= 11 is 0. The van der Waals surface area contributed by atoms with Gasteiger partial charge >= 0.3 is 0 Å². The number of nitrogens with zero attached hydrogens (tertiary/aromatic N) is 1. The molecule has 9 rings (SSSR count). The fourth-order valence-electron chi connectivity index (χ4n) is 7.75. The molecule has 2 N–H and O–H groups in total. The van der Waals surface area contributed by atoms with Gasteiger partial charge in [0.15, 0.2) is 0 Å². The molecule has 0 amide bonds. The summed E-state index contributed by atoms with van der Waals surface area (Å²) in [6.07, 6.45) is 5.31. The molecular formula is C44H34N2. The van der Waals surface area contributed by atoms with Gasteiger partial charge in [0.1, 0.15) is 0 Å². The van der Waals surface area contributed by atoms with E-state index in [-0.39, 0.29) is 0 Å². The fraction of sp³-hybridized carbons (Fsp3) is 0.114. The third-order valence-corrected chi connectivity index (χ3v) is 10.1. The summed E-state index contributed by atoms with van der Waals surface area (Å²) in [6.45, 7) is 0. The van der Waals surface area contributed by atoms with E-state index in [0.717, 1.165) is 29.8 Å². The molecule has 0 aromatic heterocycles. The summed E-state index contributed by atoms with van der Waals surface area (Å²) < 4.78 is 0. The van der Waals surface area contributed by atoms with E-state index in [0.29, 0.717) is 11.8 Å². The summed E-state index contributed by atoms with van der Waals surface area (Å²) in [5.74, 6) is 1.24. The molecule has 1 saturated carbocycles. The van der Waals surface area contributed by atoms with Gasteiger partial charge in [0.25, 0.3) is 0 Å². The quantitative estimate of drug-likeness (QED) is 0.199. The number of hydrogen-bond donors (Lipinski definition) is 1. The van der Waals surface area contributed by atoms with Crippen molar-refractivity contribution in [1.29, 1.82) is 0 Å². The number of benzene rings is 7. The van der Waals surface area contributed by atoms with Crippen LogP contribution in [-0.4, -0.2) is 6.21 Å². The Morgan fingerprint density at radius 3 is 2.09 bits per heavy atom. The van der Waals surface area contributed by atoms with Crippen LogP contribution in [0.15, 0.2) is 145 Å². The maximum absolute atomic E-state index is 6.70. The lowest BCUT2D eigenvalue weighted by molar-refractivity contribution is 0.859. The first kappa shape index (κ1) is 26.9. The molecule has 220 valence electrons. The molecule has 0 spiro atoms. The van der Waals surface area contributed by atoms with Gasteiger partial charge in [-0.05, 0) is 104 Å². The minimum Gasteiger partial charge on any atom is -0.398 e. The molecule has 2 nitrogen and oxygen atoms in total. The zero-order valence-corrected chi connectivity index (χ0v) is 25.7. The van der Waals surface area contributed by atoms with Crippen molar-refractivity contribution in [1.82, 2.24) is 0 Å². The number of aliphatic imine (C=N–C) groups is 1. The minimum atomic E-state index is 0.556. The van der Waals surface area contributed by atoms with E-state index in [1.54, 1.807) is 0 Å². The maximum Gasteiger partial charge on any atom is 0.0742 e. The van der Waals surface area contributed by atoms with E-state index in [1.165, 1.54) is 72.5 Å². The molecular weight excluding hydrogens is 556 g/mol. The molecule has 46 heavy (non-hydrogen) atoms. The Hall–Kier alpha value is -5.47. The van der Waals surface area contributed by atoms with Gasteiger partial charge in [0.2, 0.25) is 0 Å². The van der Waals surface area contributed by atoms with Crippen LogP contribution in [0.3, 0.4) is 0 Å². The predicted octanol–water partition coefficient (Wildman–Crippen LogP) is 11.4. The highest BCUT2D eigenvalue weighted by Gasteiger charge is 2.42. The number of nitrogen functional groups attached to an aromatic ring is 1. The van der Waals surface area contributed by atoms with Crippen LogP contribution in [0.5, 0.6) is 0 Å². The van der Waals surface area contributed by atoms with Gasteiger partial charge in [-0.3, -0.25) is 4.99 Å². The van der Waals surface area contributed by atoms with E-state index in [9.17, 15) is 0 Å². The largest absolute Gasteiger partial charge is 0.398 e. The normalized spacial score (nSPS) is 16.6. The Morgan fingerprint density at radius 2 is 1.24 bits per heavy atom. The zero-order valence-electron chi connectivity index (χ0n) is 25.7. The van der Waals surface area contributed by atoms with Crippen LogP contribution in [0, 0.1) is 5.92 Å². The van der Waals surface area contributed by atoms with Crippen LogP contribution < -0.4 is 5.73 Å². The third-order valence-electron chi connectivity index (χ3n) is 10.1. The second kappa shape index (κ2) is 10.9. The lowest BCUT2D eigenvalue weighted by Crippen LogP contribution is -2.00. The van der Waals surface area contributed by atoms with E-state index in [2.05, 4.69) is 146 Å². The van der Waals surface area contributed by atoms with Crippen molar-refractivity contribution in [3.05, 3.63) is 156 Å². The van der Waals surface area contributed by atoms with Gasteiger partial charge < -0.3 is 5.73 Å². The summed E-state index contributed by atoms with van der Waals surface area (Å²) in [5, 5.41) is 4.92. The molecule has 0 bridgehead atoms. The summed E-state index contributed by atoms with van der Waals surface area (Å²) in [6, 6.07) is 50.4. The summed E-state index contributed by atoms with van der Waals surface area (Å²) in [5.41, 5.74) is 20.1. The van der Waals surface area contributed by atoms with E-state index in [1.807, 2.05) is 0 Å². The molecule has 7 aromatic carbocycles. The molecule has 7 aromatic rings. The lowest BCUT2D eigenvalue weighted by Gasteiger charge is -2.20. The second-order valence-corrected chi connectivity index (χ2v) is 12.9. The summed E-state index contributed by atoms with van der Waals surface area (Å²) in [7, 11) is 0. The van der Waals surface area contributed by atoms with Crippen molar-refractivity contribution >= 4 is 39.1 Å². The predicted molar refractivity (Wildman–Crippen MR) is 195 cm³/mol. The molecule has 1 fully saturated rings. The number of rotatable bonds is 5. The molecule has 2 aliphatic rings. The van der Waals surface area contributed by atoms with Crippen molar-refractivity contribution in [3.63, 3.8) is 0 Å². The average Bonchev–Trinajstić information content (AvgIpc) is 3.89. The number of nitrogens with two attached hydrogens (primary N) is 1. The van der Waals surface area contributed by atoms with Crippen molar-refractivity contribution in [3.8, 4) is 33.4 Å². The Labute approximate surface area is 269 Å². The topological polar surface area (TPSA) is 38.4 Å². The molecule has 2 heteroatoms. The first-order chi connectivity index (χ1) is 22.7. The highest BCUT2D eigenvalue weighted by molar-refractivity contribution is 6.07. The van der Waals surface area contributed by atoms with Crippen LogP contribution in [0.2, 0.25) is 0 Å². The average molecular weight is 591 g/mol. The highest BCUT2D eigenvalue weighted by atomic mass is 14.8. The van der Waals surface area contributed by atoms with Gasteiger partial charge in [0, 0.05) is 23.0 Å². The summed E-state index contributed by atoms with van der Waals surface area (Å²) in [4.78, 5) is 5.22. The third kappa shape index (κ3) is 4.52. The Bertz CT molecular complexity index is 2310. The fourth-order valence-corrected chi connectivity index (χ4v) is 7.75. The first-order valence-corrected chi connectivity index (χ1v) is 16.4. The Kier molecular flexibility index (Phi) is 6.35. The van der Waals surface area contributed by atoms with Gasteiger partial charge in [0.05, 0.1) is 5.69 Å². The number of fused-ring (bicyclic) bond motifs is 5. The second-order valence-electron chi connectivity index (χ2n) is 12.9. The van der Waals surface area contributed by atoms with Crippen molar-refractivity contribution in [2.24, 2.45) is 10.9 Å². The van der Waals surface area contributed by atoms with Crippen LogP contribution in [0.4, 0.5) is 11.4 Å². The van der Waals surface area contributed by atoms with Crippen LogP contribution in [-0.2, 0) is 6.42 Å². The van der Waals surface area contributed by atoms with Crippen molar-refractivity contribution in [2.45, 2.75) is 25.2 Å². The number of anilines is 1. The number of hydrogen-bond acceptors (Lipinski definition) is 2. The molecule has 0 radical (unpaired) electrons. The van der Waals surface area contributed by atoms with Gasteiger partial charge in [-0.25, -0.2) is 0 Å². The van der Waals surface area contributed by atoms with Crippen molar-refractivity contribution in [2.75, 3.05) is 5.73 Å². The van der Waals surface area contributed by atoms with Gasteiger partial charge in [-0.2, -0.15) is 0 Å².